The molecule has 0 saturated carbocycles. The van der Waals surface area contributed by atoms with Gasteiger partial charge in [-0.1, -0.05) is 35.3 Å². The summed E-state index contributed by atoms with van der Waals surface area (Å²) in [7, 11) is 0. The fraction of sp³-hybridized carbons (Fsp3) is 0.130. The molecule has 0 saturated heterocycles. The molecule has 0 aromatic heterocycles. The number of halogens is 4. The molecule has 0 unspecified atom stereocenters. The van der Waals surface area contributed by atoms with Crippen LogP contribution in [0.2, 0.25) is 10.0 Å². The Morgan fingerprint density at radius 2 is 1.84 bits per heavy atom. The van der Waals surface area contributed by atoms with Crippen molar-refractivity contribution in [3.05, 3.63) is 91.6 Å². The van der Waals surface area contributed by atoms with Crippen molar-refractivity contribution in [3.63, 3.8) is 0 Å². The fourth-order valence-corrected chi connectivity index (χ4v) is 3.54. The van der Waals surface area contributed by atoms with E-state index in [-0.39, 0.29) is 17.4 Å². The van der Waals surface area contributed by atoms with Crippen LogP contribution < -0.4 is 14.9 Å². The van der Waals surface area contributed by atoms with Gasteiger partial charge in [0.1, 0.15) is 12.4 Å². The highest BCUT2D eigenvalue weighted by Crippen LogP contribution is 2.37. The molecule has 0 radical (unpaired) electrons. The molecule has 0 heterocycles. The number of carbonyl (C=O) groups excluding carboxylic acids is 1. The van der Waals surface area contributed by atoms with Gasteiger partial charge >= 0.3 is 0 Å². The summed E-state index contributed by atoms with van der Waals surface area (Å²) in [5, 5.41) is 4.64. The molecular weight excluding hydrogens is 522 g/mol. The number of rotatable bonds is 8. The molecule has 0 aliphatic carbocycles. The summed E-state index contributed by atoms with van der Waals surface area (Å²) < 4.78 is 25.3. The van der Waals surface area contributed by atoms with E-state index in [0.29, 0.717) is 38.7 Å². The second kappa shape index (κ2) is 11.3. The van der Waals surface area contributed by atoms with Gasteiger partial charge in [0, 0.05) is 5.56 Å². The Morgan fingerprint density at radius 1 is 1.09 bits per heavy atom. The van der Waals surface area contributed by atoms with Crippen molar-refractivity contribution < 1.29 is 18.7 Å². The van der Waals surface area contributed by atoms with Crippen molar-refractivity contribution in [1.29, 1.82) is 0 Å². The molecule has 1 amide bonds. The van der Waals surface area contributed by atoms with Crippen molar-refractivity contribution in [2.24, 2.45) is 5.10 Å². The van der Waals surface area contributed by atoms with E-state index in [1.165, 1.54) is 24.4 Å². The Hall–Kier alpha value is -2.61. The number of hydrogen-bond donors (Lipinski definition) is 1. The number of nitrogens with zero attached hydrogens (tertiary/aromatic N) is 1. The predicted molar refractivity (Wildman–Crippen MR) is 128 cm³/mol. The molecule has 0 aliphatic rings. The third kappa shape index (κ3) is 6.45. The lowest BCUT2D eigenvalue weighted by molar-refractivity contribution is 0.0955. The lowest BCUT2D eigenvalue weighted by Crippen LogP contribution is -2.17. The van der Waals surface area contributed by atoms with E-state index in [1.54, 1.807) is 36.4 Å². The van der Waals surface area contributed by atoms with Crippen molar-refractivity contribution in [2.75, 3.05) is 6.61 Å². The van der Waals surface area contributed by atoms with Crippen LogP contribution in [0.4, 0.5) is 4.39 Å². The first-order valence-electron chi connectivity index (χ1n) is 9.49. The summed E-state index contributed by atoms with van der Waals surface area (Å²) in [5.74, 6) is 0.275. The molecule has 3 rings (SSSR count). The van der Waals surface area contributed by atoms with Gasteiger partial charge in [-0.15, -0.1) is 0 Å². The average molecular weight is 540 g/mol. The first kappa shape index (κ1) is 24.0. The van der Waals surface area contributed by atoms with E-state index in [0.717, 1.165) is 5.56 Å². The first-order valence-corrected chi connectivity index (χ1v) is 11.0. The van der Waals surface area contributed by atoms with Crippen molar-refractivity contribution >= 4 is 51.3 Å². The highest BCUT2D eigenvalue weighted by atomic mass is 79.9. The zero-order valence-electron chi connectivity index (χ0n) is 16.9. The number of hydrogen-bond acceptors (Lipinski definition) is 4. The molecule has 166 valence electrons. The SMILES string of the molecule is CCOc1cc(/C=N\NC(=O)c2ccc(Cl)c(Cl)c2)cc(Br)c1OCc1ccc(F)cc1. The first-order chi connectivity index (χ1) is 15.4. The second-order valence-electron chi connectivity index (χ2n) is 6.51. The number of hydrazone groups is 1. The molecule has 0 fully saturated rings. The lowest BCUT2D eigenvalue weighted by atomic mass is 10.2. The smallest absolute Gasteiger partial charge is 0.271 e. The van der Waals surface area contributed by atoms with Crippen LogP contribution in [-0.2, 0) is 6.61 Å². The highest BCUT2D eigenvalue weighted by molar-refractivity contribution is 9.10. The summed E-state index contributed by atoms with van der Waals surface area (Å²) >= 11 is 15.3. The van der Waals surface area contributed by atoms with Gasteiger partial charge in [-0.3, -0.25) is 4.79 Å². The third-order valence-electron chi connectivity index (χ3n) is 4.19. The Balaban J connectivity index is 1.71. The van der Waals surface area contributed by atoms with E-state index < -0.39 is 5.91 Å². The number of ether oxygens (including phenoxy) is 2. The van der Waals surface area contributed by atoms with Crippen LogP contribution in [0.1, 0.15) is 28.4 Å². The van der Waals surface area contributed by atoms with Crippen molar-refractivity contribution in [3.8, 4) is 11.5 Å². The van der Waals surface area contributed by atoms with E-state index in [1.807, 2.05) is 6.92 Å². The molecule has 0 atom stereocenters. The molecule has 0 aliphatic heterocycles. The number of benzene rings is 3. The molecule has 5 nitrogen and oxygen atoms in total. The van der Waals surface area contributed by atoms with Crippen molar-refractivity contribution in [2.45, 2.75) is 13.5 Å². The molecule has 32 heavy (non-hydrogen) atoms. The standard InChI is InChI=1S/C23H18BrCl2FN2O3/c1-2-31-21-10-15(12-28-29-23(30)16-5-8-19(25)20(26)11-16)9-18(24)22(21)32-13-14-3-6-17(27)7-4-14/h3-12H,2,13H2,1H3,(H,29,30)/b28-12-. The highest BCUT2D eigenvalue weighted by Gasteiger charge is 2.13. The van der Waals surface area contributed by atoms with Crippen molar-refractivity contribution in [1.82, 2.24) is 5.43 Å². The summed E-state index contributed by atoms with van der Waals surface area (Å²) in [4.78, 5) is 12.2. The molecule has 9 heteroatoms. The van der Waals surface area contributed by atoms with Gasteiger partial charge < -0.3 is 9.47 Å². The second-order valence-corrected chi connectivity index (χ2v) is 8.17. The van der Waals surface area contributed by atoms with Crippen LogP contribution in [0.3, 0.4) is 0 Å². The summed E-state index contributed by atoms with van der Waals surface area (Å²) in [5.41, 5.74) is 4.26. The molecule has 3 aromatic carbocycles. The Kier molecular flexibility index (Phi) is 8.50. The van der Waals surface area contributed by atoms with Crippen LogP contribution in [0.5, 0.6) is 11.5 Å². The Labute approximate surface area is 203 Å². The van der Waals surface area contributed by atoms with Gasteiger partial charge in [0.25, 0.3) is 5.91 Å². The minimum atomic E-state index is -0.428. The van der Waals surface area contributed by atoms with E-state index in [4.69, 9.17) is 32.7 Å². The summed E-state index contributed by atoms with van der Waals surface area (Å²) in [6.07, 6.45) is 1.48. The number of amides is 1. The monoisotopic (exact) mass is 538 g/mol. The van der Waals surface area contributed by atoms with Gasteiger partial charge in [-0.2, -0.15) is 5.10 Å². The molecule has 3 aromatic rings. The maximum absolute atomic E-state index is 13.1. The van der Waals surface area contributed by atoms with Crippen LogP contribution >= 0.6 is 39.1 Å². The van der Waals surface area contributed by atoms with Crippen LogP contribution in [-0.4, -0.2) is 18.7 Å². The van der Waals surface area contributed by atoms with E-state index in [2.05, 4.69) is 26.5 Å². The molecule has 0 bridgehead atoms. The number of nitrogens with one attached hydrogen (secondary N) is 1. The zero-order chi connectivity index (χ0) is 23.1. The fourth-order valence-electron chi connectivity index (χ4n) is 2.67. The Morgan fingerprint density at radius 3 is 2.53 bits per heavy atom. The minimum absolute atomic E-state index is 0.242. The quantitative estimate of drug-likeness (QED) is 0.258. The number of carbonyl (C=O) groups is 1. The average Bonchev–Trinajstić information content (AvgIpc) is 2.76. The molecule has 1 N–H and O–H groups in total. The lowest BCUT2D eigenvalue weighted by Gasteiger charge is -2.14. The van der Waals surface area contributed by atoms with Gasteiger partial charge in [0.05, 0.1) is 27.3 Å². The van der Waals surface area contributed by atoms with Gasteiger partial charge in [0.2, 0.25) is 0 Å². The summed E-state index contributed by atoms with van der Waals surface area (Å²) in [6, 6.07) is 14.1. The van der Waals surface area contributed by atoms with Crippen LogP contribution in [0, 0.1) is 5.82 Å². The molecular formula is C23H18BrCl2FN2O3. The van der Waals surface area contributed by atoms with Gasteiger partial charge in [-0.05, 0) is 76.4 Å². The minimum Gasteiger partial charge on any atom is -0.490 e. The topological polar surface area (TPSA) is 59.9 Å². The zero-order valence-corrected chi connectivity index (χ0v) is 20.0. The Bertz CT molecular complexity index is 1140. The largest absolute Gasteiger partial charge is 0.490 e. The van der Waals surface area contributed by atoms with Crippen LogP contribution in [0.25, 0.3) is 0 Å². The van der Waals surface area contributed by atoms with E-state index in [9.17, 15) is 9.18 Å². The predicted octanol–water partition coefficient (Wildman–Crippen LogP) is 6.64. The van der Waals surface area contributed by atoms with Gasteiger partial charge in [-0.25, -0.2) is 9.82 Å². The normalized spacial score (nSPS) is 10.9. The molecule has 0 spiro atoms. The summed E-state index contributed by atoms with van der Waals surface area (Å²) in [6.45, 7) is 2.52. The van der Waals surface area contributed by atoms with Gasteiger partial charge in [0.15, 0.2) is 11.5 Å². The maximum atomic E-state index is 13.1. The van der Waals surface area contributed by atoms with E-state index >= 15 is 0 Å². The maximum Gasteiger partial charge on any atom is 0.271 e. The third-order valence-corrected chi connectivity index (χ3v) is 5.52. The van der Waals surface area contributed by atoms with Crippen LogP contribution in [0.15, 0.2) is 64.2 Å².